The van der Waals surface area contributed by atoms with Gasteiger partial charge in [0, 0.05) is 11.0 Å². The molecule has 0 radical (unpaired) electrons. The molecule has 0 spiro atoms. The van der Waals surface area contributed by atoms with Gasteiger partial charge in [-0.3, -0.25) is 4.79 Å². The summed E-state index contributed by atoms with van der Waals surface area (Å²) in [7, 11) is -3.78. The number of amides is 1. The van der Waals surface area contributed by atoms with Gasteiger partial charge >= 0.3 is 0 Å². The maximum absolute atomic E-state index is 12.4. The minimum Gasteiger partial charge on any atom is -0.398 e. The van der Waals surface area contributed by atoms with Crippen LogP contribution in [0.1, 0.15) is 26.7 Å². The van der Waals surface area contributed by atoms with Crippen molar-refractivity contribution in [1.29, 1.82) is 0 Å². The van der Waals surface area contributed by atoms with Gasteiger partial charge in [-0.25, -0.2) is 8.42 Å². The predicted octanol–water partition coefficient (Wildman–Crippen LogP) is 2.11. The molecule has 0 saturated heterocycles. The number of nitrogens with one attached hydrogen (secondary N) is 1. The van der Waals surface area contributed by atoms with Gasteiger partial charge in [-0.2, -0.15) is 0 Å². The van der Waals surface area contributed by atoms with Crippen LogP contribution in [0.4, 0.5) is 5.69 Å². The van der Waals surface area contributed by atoms with Gasteiger partial charge < -0.3 is 11.1 Å². The topological polar surface area (TPSA) is 89.3 Å². The first kappa shape index (κ1) is 17.0. The van der Waals surface area contributed by atoms with E-state index in [0.29, 0.717) is 11.0 Å². The Morgan fingerprint density at radius 3 is 2.65 bits per heavy atom. The van der Waals surface area contributed by atoms with Crippen LogP contribution in [0.3, 0.4) is 0 Å². The third-order valence-corrected chi connectivity index (χ3v) is 5.57. The Labute approximate surface area is 128 Å². The van der Waals surface area contributed by atoms with Crippen LogP contribution in [0.15, 0.2) is 27.6 Å². The largest absolute Gasteiger partial charge is 0.398 e. The number of carbonyl (C=O) groups is 1. The first-order valence-electron chi connectivity index (χ1n) is 6.37. The highest BCUT2D eigenvalue weighted by molar-refractivity contribution is 9.10. The number of unbranched alkanes of at least 4 members (excludes halogenated alkanes) is 1. The molecule has 0 bridgehead atoms. The number of halogens is 1. The Bertz CT molecular complexity index is 587. The van der Waals surface area contributed by atoms with Crippen LogP contribution >= 0.6 is 15.9 Å². The third kappa shape index (κ3) is 3.96. The molecule has 112 valence electrons. The fourth-order valence-electron chi connectivity index (χ4n) is 1.64. The lowest BCUT2D eigenvalue weighted by molar-refractivity contribution is -0.120. The Balaban J connectivity index is 2.95. The lowest BCUT2D eigenvalue weighted by Crippen LogP contribution is -2.38. The van der Waals surface area contributed by atoms with Gasteiger partial charge in [-0.05, 0) is 31.5 Å². The fraction of sp³-hybridized carbons (Fsp3) is 0.462. The maximum Gasteiger partial charge on any atom is 0.238 e. The van der Waals surface area contributed by atoms with Crippen molar-refractivity contribution in [1.82, 2.24) is 5.32 Å². The zero-order valence-electron chi connectivity index (χ0n) is 11.5. The second-order valence-electron chi connectivity index (χ2n) is 4.51. The molecule has 20 heavy (non-hydrogen) atoms. The molecule has 0 saturated carbocycles. The number of sulfone groups is 1. The van der Waals surface area contributed by atoms with Crippen LogP contribution in [0.5, 0.6) is 0 Å². The molecular formula is C13H19BrN2O3S. The highest BCUT2D eigenvalue weighted by atomic mass is 79.9. The molecule has 3 N–H and O–H groups in total. The van der Waals surface area contributed by atoms with Crippen molar-refractivity contribution in [3.05, 3.63) is 22.7 Å². The van der Waals surface area contributed by atoms with Crippen LogP contribution in [-0.4, -0.2) is 26.1 Å². The molecule has 5 nitrogen and oxygen atoms in total. The smallest absolute Gasteiger partial charge is 0.238 e. The van der Waals surface area contributed by atoms with Crippen LogP contribution in [-0.2, 0) is 14.6 Å². The summed E-state index contributed by atoms with van der Waals surface area (Å²) in [4.78, 5) is 11.9. The molecule has 0 aromatic heterocycles. The number of benzene rings is 1. The molecule has 1 aromatic carbocycles. The second kappa shape index (κ2) is 7.08. The quantitative estimate of drug-likeness (QED) is 0.598. The normalized spacial score (nSPS) is 12.9. The standard InChI is InChI=1S/C13H19BrN2O3S/c1-3-4-7-16-13(17)9(2)20(18,19)12-6-5-10(14)8-11(12)15/h5-6,8-9H,3-4,7,15H2,1-2H3,(H,16,17). The monoisotopic (exact) mass is 362 g/mol. The van der Waals surface area contributed by atoms with Crippen molar-refractivity contribution in [2.45, 2.75) is 36.8 Å². The number of hydrogen-bond acceptors (Lipinski definition) is 4. The summed E-state index contributed by atoms with van der Waals surface area (Å²) in [5.74, 6) is -0.499. The average molecular weight is 363 g/mol. The summed E-state index contributed by atoms with van der Waals surface area (Å²) < 4.78 is 25.5. The summed E-state index contributed by atoms with van der Waals surface area (Å²) in [6.45, 7) is 3.85. The Morgan fingerprint density at radius 2 is 2.10 bits per heavy atom. The van der Waals surface area contributed by atoms with Crippen LogP contribution in [0, 0.1) is 0 Å². The average Bonchev–Trinajstić information content (AvgIpc) is 2.37. The molecular weight excluding hydrogens is 344 g/mol. The van der Waals surface area contributed by atoms with E-state index in [1.807, 2.05) is 6.92 Å². The Morgan fingerprint density at radius 1 is 1.45 bits per heavy atom. The summed E-state index contributed by atoms with van der Waals surface area (Å²) in [6.07, 6.45) is 1.75. The molecule has 1 aromatic rings. The van der Waals surface area contributed by atoms with Crippen molar-refractivity contribution in [3.8, 4) is 0 Å². The predicted molar refractivity (Wildman–Crippen MR) is 83.1 cm³/mol. The first-order chi connectivity index (χ1) is 9.30. The van der Waals surface area contributed by atoms with E-state index in [1.165, 1.54) is 19.1 Å². The molecule has 0 aliphatic carbocycles. The van der Waals surface area contributed by atoms with Crippen molar-refractivity contribution >= 4 is 37.4 Å². The third-order valence-electron chi connectivity index (χ3n) is 2.94. The van der Waals surface area contributed by atoms with Crippen LogP contribution in [0.25, 0.3) is 0 Å². The van der Waals surface area contributed by atoms with E-state index in [4.69, 9.17) is 5.73 Å². The number of rotatable bonds is 6. The second-order valence-corrected chi connectivity index (χ2v) is 7.67. The SMILES string of the molecule is CCCCNC(=O)C(C)S(=O)(=O)c1ccc(Br)cc1N. The van der Waals surface area contributed by atoms with Gasteiger partial charge in [0.2, 0.25) is 5.91 Å². The van der Waals surface area contributed by atoms with Gasteiger partial charge in [0.1, 0.15) is 5.25 Å². The van der Waals surface area contributed by atoms with E-state index >= 15 is 0 Å². The van der Waals surface area contributed by atoms with Crippen molar-refractivity contribution in [2.75, 3.05) is 12.3 Å². The number of anilines is 1. The van der Waals surface area contributed by atoms with Gasteiger partial charge in [-0.1, -0.05) is 29.3 Å². The van der Waals surface area contributed by atoms with Gasteiger partial charge in [0.05, 0.1) is 10.6 Å². The summed E-state index contributed by atoms with van der Waals surface area (Å²) in [5.41, 5.74) is 5.86. The molecule has 0 fully saturated rings. The summed E-state index contributed by atoms with van der Waals surface area (Å²) in [5, 5.41) is 1.46. The molecule has 1 atom stereocenters. The van der Waals surface area contributed by atoms with Crippen LogP contribution < -0.4 is 11.1 Å². The van der Waals surface area contributed by atoms with Gasteiger partial charge in [0.25, 0.3) is 0 Å². The van der Waals surface area contributed by atoms with Crippen molar-refractivity contribution in [3.63, 3.8) is 0 Å². The van der Waals surface area contributed by atoms with E-state index in [0.717, 1.165) is 12.8 Å². The molecule has 1 rings (SSSR count). The van der Waals surface area contributed by atoms with E-state index in [2.05, 4.69) is 21.2 Å². The lowest BCUT2D eigenvalue weighted by Gasteiger charge is -2.14. The molecule has 1 amide bonds. The van der Waals surface area contributed by atoms with Crippen molar-refractivity contribution in [2.24, 2.45) is 0 Å². The van der Waals surface area contributed by atoms with Gasteiger partial charge in [0.15, 0.2) is 9.84 Å². The zero-order valence-corrected chi connectivity index (χ0v) is 13.9. The summed E-state index contributed by atoms with van der Waals surface area (Å²) in [6, 6.07) is 4.50. The molecule has 0 aliphatic rings. The lowest BCUT2D eigenvalue weighted by atomic mass is 10.3. The Hall–Kier alpha value is -1.08. The maximum atomic E-state index is 12.4. The van der Waals surface area contributed by atoms with E-state index in [1.54, 1.807) is 6.07 Å². The minimum absolute atomic E-state index is 0.0150. The van der Waals surface area contributed by atoms with Gasteiger partial charge in [-0.15, -0.1) is 0 Å². The molecule has 7 heteroatoms. The van der Waals surface area contributed by atoms with Crippen LogP contribution in [0.2, 0.25) is 0 Å². The highest BCUT2D eigenvalue weighted by Gasteiger charge is 2.31. The fourth-order valence-corrected chi connectivity index (χ4v) is 3.41. The number of carbonyl (C=O) groups excluding carboxylic acids is 1. The summed E-state index contributed by atoms with van der Waals surface area (Å²) >= 11 is 3.22. The molecule has 0 aliphatic heterocycles. The Kier molecular flexibility index (Phi) is 6.01. The number of nitrogens with two attached hydrogens (primary N) is 1. The number of nitrogen functional groups attached to an aromatic ring is 1. The highest BCUT2D eigenvalue weighted by Crippen LogP contribution is 2.26. The molecule has 0 heterocycles. The van der Waals surface area contributed by atoms with E-state index in [9.17, 15) is 13.2 Å². The van der Waals surface area contributed by atoms with E-state index in [-0.39, 0.29) is 10.6 Å². The van der Waals surface area contributed by atoms with Crippen molar-refractivity contribution < 1.29 is 13.2 Å². The minimum atomic E-state index is -3.78. The zero-order chi connectivity index (χ0) is 15.3. The van der Waals surface area contributed by atoms with E-state index < -0.39 is 21.0 Å². The molecule has 1 unspecified atom stereocenters. The first-order valence-corrected chi connectivity index (χ1v) is 8.71. The number of hydrogen-bond donors (Lipinski definition) is 2.